The van der Waals surface area contributed by atoms with Crippen molar-refractivity contribution < 1.29 is 13.5 Å². The zero-order valence-electron chi connectivity index (χ0n) is 10.7. The maximum atomic E-state index is 11.1. The molecule has 102 valence electrons. The van der Waals surface area contributed by atoms with E-state index in [0.717, 1.165) is 11.3 Å². The molecule has 1 N–H and O–H groups in total. The standard InChI is InChI=1S/C12H18ClNO3S/c1-9(15)10-4-5-12(11(13)8-10)14(2)6-7-18(3,16)17/h4-5,8-9,15H,6-7H2,1-3H3. The summed E-state index contributed by atoms with van der Waals surface area (Å²) in [6, 6.07) is 5.26. The third kappa shape index (κ3) is 4.48. The lowest BCUT2D eigenvalue weighted by Gasteiger charge is -2.21. The fourth-order valence-electron chi connectivity index (χ4n) is 1.52. The average molecular weight is 292 g/mol. The fourth-order valence-corrected chi connectivity index (χ4v) is 2.45. The maximum Gasteiger partial charge on any atom is 0.149 e. The van der Waals surface area contributed by atoms with E-state index in [9.17, 15) is 13.5 Å². The van der Waals surface area contributed by atoms with Crippen LogP contribution < -0.4 is 4.90 Å². The normalized spacial score (nSPS) is 13.4. The second-order valence-electron chi connectivity index (χ2n) is 4.44. The van der Waals surface area contributed by atoms with Crippen LogP contribution in [0.15, 0.2) is 18.2 Å². The summed E-state index contributed by atoms with van der Waals surface area (Å²) in [5.41, 5.74) is 1.49. The number of hydrogen-bond acceptors (Lipinski definition) is 4. The minimum atomic E-state index is -2.99. The van der Waals surface area contributed by atoms with Gasteiger partial charge in [-0.3, -0.25) is 0 Å². The minimum absolute atomic E-state index is 0.0813. The third-order valence-corrected chi connectivity index (χ3v) is 3.89. The van der Waals surface area contributed by atoms with Crippen LogP contribution >= 0.6 is 11.6 Å². The summed E-state index contributed by atoms with van der Waals surface area (Å²) in [5, 5.41) is 9.94. The van der Waals surface area contributed by atoms with Gasteiger partial charge in [0.25, 0.3) is 0 Å². The molecule has 0 amide bonds. The van der Waals surface area contributed by atoms with E-state index in [1.54, 1.807) is 37.1 Å². The molecule has 1 aromatic carbocycles. The number of anilines is 1. The molecule has 0 aliphatic carbocycles. The van der Waals surface area contributed by atoms with Gasteiger partial charge < -0.3 is 10.0 Å². The summed E-state index contributed by atoms with van der Waals surface area (Å²) in [6.45, 7) is 2.05. The molecule has 0 saturated heterocycles. The predicted molar refractivity (Wildman–Crippen MR) is 75.1 cm³/mol. The van der Waals surface area contributed by atoms with E-state index in [4.69, 9.17) is 11.6 Å². The lowest BCUT2D eigenvalue weighted by Crippen LogP contribution is -2.25. The van der Waals surface area contributed by atoms with Gasteiger partial charge in [0, 0.05) is 19.8 Å². The van der Waals surface area contributed by atoms with Crippen LogP contribution in [0.1, 0.15) is 18.6 Å². The highest BCUT2D eigenvalue weighted by atomic mass is 35.5. The lowest BCUT2D eigenvalue weighted by molar-refractivity contribution is 0.199. The summed E-state index contributed by atoms with van der Waals surface area (Å²) >= 11 is 6.12. The van der Waals surface area contributed by atoms with Crippen molar-refractivity contribution in [3.05, 3.63) is 28.8 Å². The Kier molecular flexibility index (Phi) is 5.01. The van der Waals surface area contributed by atoms with Crippen LogP contribution in [0.5, 0.6) is 0 Å². The molecule has 1 rings (SSSR count). The monoisotopic (exact) mass is 291 g/mol. The van der Waals surface area contributed by atoms with Crippen LogP contribution in [-0.2, 0) is 9.84 Å². The SMILES string of the molecule is CC(O)c1ccc(N(C)CCS(C)(=O)=O)c(Cl)c1. The van der Waals surface area contributed by atoms with Crippen molar-refractivity contribution in [3.63, 3.8) is 0 Å². The Morgan fingerprint density at radius 2 is 2.06 bits per heavy atom. The van der Waals surface area contributed by atoms with Crippen molar-refractivity contribution >= 4 is 27.1 Å². The van der Waals surface area contributed by atoms with E-state index in [0.29, 0.717) is 11.6 Å². The number of sulfone groups is 1. The van der Waals surface area contributed by atoms with Crippen LogP contribution in [0.3, 0.4) is 0 Å². The molecule has 0 bridgehead atoms. The highest BCUT2D eigenvalue weighted by Crippen LogP contribution is 2.28. The number of aliphatic hydroxyl groups is 1. The van der Waals surface area contributed by atoms with Crippen molar-refractivity contribution in [1.82, 2.24) is 0 Å². The second kappa shape index (κ2) is 5.91. The van der Waals surface area contributed by atoms with Gasteiger partial charge in [-0.15, -0.1) is 0 Å². The Morgan fingerprint density at radius 3 is 2.50 bits per heavy atom. The molecule has 0 heterocycles. The molecule has 6 heteroatoms. The van der Waals surface area contributed by atoms with Gasteiger partial charge in [0.15, 0.2) is 0 Å². The van der Waals surface area contributed by atoms with E-state index in [-0.39, 0.29) is 5.75 Å². The molecule has 18 heavy (non-hydrogen) atoms. The van der Waals surface area contributed by atoms with Gasteiger partial charge in [0.1, 0.15) is 9.84 Å². The number of aliphatic hydroxyl groups excluding tert-OH is 1. The first-order valence-electron chi connectivity index (χ1n) is 5.57. The molecule has 1 atom stereocenters. The van der Waals surface area contributed by atoms with E-state index >= 15 is 0 Å². The van der Waals surface area contributed by atoms with Gasteiger partial charge in [-0.1, -0.05) is 17.7 Å². The highest BCUT2D eigenvalue weighted by molar-refractivity contribution is 7.90. The van der Waals surface area contributed by atoms with Crippen LogP contribution in [-0.4, -0.2) is 39.1 Å². The summed E-state index contributed by atoms with van der Waals surface area (Å²) in [5.74, 6) is 0.0813. The molecular formula is C12H18ClNO3S. The predicted octanol–water partition coefficient (Wildman–Crippen LogP) is 1.87. The third-order valence-electron chi connectivity index (χ3n) is 2.66. The van der Waals surface area contributed by atoms with Gasteiger partial charge in [0.05, 0.1) is 22.6 Å². The van der Waals surface area contributed by atoms with Crippen LogP contribution in [0.2, 0.25) is 5.02 Å². The Balaban J connectivity index is 2.84. The van der Waals surface area contributed by atoms with Crippen molar-refractivity contribution in [2.75, 3.05) is 30.5 Å². The molecule has 0 radical (unpaired) electrons. The zero-order chi connectivity index (χ0) is 13.9. The molecule has 0 spiro atoms. The molecular weight excluding hydrogens is 274 g/mol. The average Bonchev–Trinajstić information content (AvgIpc) is 2.24. The van der Waals surface area contributed by atoms with Crippen molar-refractivity contribution in [1.29, 1.82) is 0 Å². The summed E-state index contributed by atoms with van der Waals surface area (Å²) in [7, 11) is -1.20. The summed E-state index contributed by atoms with van der Waals surface area (Å²) in [6.07, 6.45) is 0.636. The van der Waals surface area contributed by atoms with Crippen LogP contribution in [0.4, 0.5) is 5.69 Å². The van der Waals surface area contributed by atoms with Gasteiger partial charge >= 0.3 is 0 Å². The largest absolute Gasteiger partial charge is 0.389 e. The van der Waals surface area contributed by atoms with Crippen LogP contribution in [0.25, 0.3) is 0 Å². The van der Waals surface area contributed by atoms with E-state index in [1.807, 2.05) is 0 Å². The van der Waals surface area contributed by atoms with Gasteiger partial charge in [-0.05, 0) is 24.6 Å². The molecule has 4 nitrogen and oxygen atoms in total. The lowest BCUT2D eigenvalue weighted by atomic mass is 10.1. The van der Waals surface area contributed by atoms with Gasteiger partial charge in [0.2, 0.25) is 0 Å². The first kappa shape index (κ1) is 15.3. The number of rotatable bonds is 5. The van der Waals surface area contributed by atoms with E-state index < -0.39 is 15.9 Å². The second-order valence-corrected chi connectivity index (χ2v) is 7.11. The van der Waals surface area contributed by atoms with E-state index in [1.165, 1.54) is 6.26 Å². The summed E-state index contributed by atoms with van der Waals surface area (Å²) in [4.78, 5) is 1.79. The maximum absolute atomic E-state index is 11.1. The van der Waals surface area contributed by atoms with Gasteiger partial charge in [-0.2, -0.15) is 0 Å². The van der Waals surface area contributed by atoms with Crippen molar-refractivity contribution in [3.8, 4) is 0 Å². The smallest absolute Gasteiger partial charge is 0.149 e. The number of hydrogen-bond donors (Lipinski definition) is 1. The molecule has 0 aliphatic heterocycles. The Hall–Kier alpha value is -0.780. The number of halogens is 1. The molecule has 0 fully saturated rings. The first-order chi connectivity index (χ1) is 8.20. The molecule has 0 aliphatic rings. The first-order valence-corrected chi connectivity index (χ1v) is 8.01. The van der Waals surface area contributed by atoms with Crippen molar-refractivity contribution in [2.24, 2.45) is 0 Å². The van der Waals surface area contributed by atoms with Gasteiger partial charge in [-0.25, -0.2) is 8.42 Å². The minimum Gasteiger partial charge on any atom is -0.389 e. The van der Waals surface area contributed by atoms with Crippen molar-refractivity contribution in [2.45, 2.75) is 13.0 Å². The molecule has 0 aromatic heterocycles. The van der Waals surface area contributed by atoms with Crippen LogP contribution in [0, 0.1) is 0 Å². The quantitative estimate of drug-likeness (QED) is 0.900. The molecule has 1 aromatic rings. The highest BCUT2D eigenvalue weighted by Gasteiger charge is 2.11. The van der Waals surface area contributed by atoms with E-state index in [2.05, 4.69) is 0 Å². The fraction of sp³-hybridized carbons (Fsp3) is 0.500. The topological polar surface area (TPSA) is 57.6 Å². The summed E-state index contributed by atoms with van der Waals surface area (Å²) < 4.78 is 22.2. The molecule has 0 saturated carbocycles. The Bertz CT molecular complexity index is 514. The Labute approximate surface area is 113 Å². The Morgan fingerprint density at radius 1 is 1.44 bits per heavy atom. The molecule has 1 unspecified atom stereocenters. The number of nitrogens with zero attached hydrogens (tertiary/aromatic N) is 1. The number of benzene rings is 1. The zero-order valence-corrected chi connectivity index (χ0v) is 12.3.